The van der Waals surface area contributed by atoms with Gasteiger partial charge in [-0.05, 0) is 0 Å². The van der Waals surface area contributed by atoms with Gasteiger partial charge in [-0.3, -0.25) is 4.79 Å². The minimum Gasteiger partial charge on any atom is -0.429 e. The molecule has 0 aliphatic heterocycles. The fraction of sp³-hybridized carbons (Fsp3) is 0.833. The predicted molar refractivity (Wildman–Crippen MR) is 47.4 cm³/mol. The van der Waals surface area contributed by atoms with Gasteiger partial charge in [0.25, 0.3) is 0 Å². The molecule has 0 amide bonds. The first-order valence-corrected chi connectivity index (χ1v) is 3.84. The zero-order valence-electron chi connectivity index (χ0n) is 7.76. The van der Waals surface area contributed by atoms with Crippen LogP contribution in [0.15, 0.2) is 0 Å². The lowest BCUT2D eigenvalue weighted by Gasteiger charge is -2.19. The van der Waals surface area contributed by atoms with E-state index in [1.54, 1.807) is 0 Å². The van der Waals surface area contributed by atoms with Gasteiger partial charge < -0.3 is 35.6 Å². The largest absolute Gasteiger partial charge is 0.482 e. The molecular formula is C6H14BO8. The molecule has 7 N–H and O–H groups in total. The molecule has 15 heavy (non-hydrogen) atoms. The van der Waals surface area contributed by atoms with Crippen molar-refractivity contribution in [2.75, 3.05) is 13.2 Å². The van der Waals surface area contributed by atoms with Gasteiger partial charge >= 0.3 is 7.69 Å². The fourth-order valence-corrected chi connectivity index (χ4v) is 0.602. The SMILES string of the molecule is O=C(CO)[C@@H](O)[C@H](O)[C@H](O)CO.O[B]O. The van der Waals surface area contributed by atoms with E-state index in [0.717, 1.165) is 0 Å². The summed E-state index contributed by atoms with van der Waals surface area (Å²) < 4.78 is 0. The molecule has 3 atom stereocenters. The van der Waals surface area contributed by atoms with Gasteiger partial charge in [0.1, 0.15) is 24.9 Å². The van der Waals surface area contributed by atoms with E-state index in [9.17, 15) is 4.79 Å². The molecular weight excluding hydrogens is 211 g/mol. The summed E-state index contributed by atoms with van der Waals surface area (Å²) in [4.78, 5) is 10.5. The number of carbonyl (C=O) groups excluding carboxylic acids is 1. The van der Waals surface area contributed by atoms with Crippen LogP contribution in [0.4, 0.5) is 0 Å². The van der Waals surface area contributed by atoms with Crippen molar-refractivity contribution in [3.05, 3.63) is 0 Å². The van der Waals surface area contributed by atoms with Gasteiger partial charge in [-0.15, -0.1) is 0 Å². The van der Waals surface area contributed by atoms with Crippen molar-refractivity contribution in [3.63, 3.8) is 0 Å². The molecule has 0 unspecified atom stereocenters. The number of ketones is 1. The minimum absolute atomic E-state index is 0. The lowest BCUT2D eigenvalue weighted by Crippen LogP contribution is -2.44. The second kappa shape index (κ2) is 9.99. The van der Waals surface area contributed by atoms with Gasteiger partial charge in [-0.25, -0.2) is 0 Å². The van der Waals surface area contributed by atoms with E-state index in [1.165, 1.54) is 0 Å². The number of Topliss-reactive ketones (excluding diaryl/α,β-unsaturated/α-hetero) is 1. The van der Waals surface area contributed by atoms with Crippen LogP contribution in [0.2, 0.25) is 0 Å². The summed E-state index contributed by atoms with van der Waals surface area (Å²) in [6.45, 7) is -1.69. The van der Waals surface area contributed by atoms with Gasteiger partial charge in [-0.2, -0.15) is 0 Å². The Hall–Kier alpha value is -0.545. The topological polar surface area (TPSA) is 159 Å². The lowest BCUT2D eigenvalue weighted by atomic mass is 10.1. The Bertz CT molecular complexity index is 165. The van der Waals surface area contributed by atoms with Crippen molar-refractivity contribution in [2.45, 2.75) is 18.3 Å². The summed E-state index contributed by atoms with van der Waals surface area (Å²) in [6.07, 6.45) is -5.22. The molecule has 0 aliphatic carbocycles. The van der Waals surface area contributed by atoms with E-state index >= 15 is 0 Å². The first-order valence-electron chi connectivity index (χ1n) is 3.84. The van der Waals surface area contributed by atoms with Crippen LogP contribution in [0.25, 0.3) is 0 Å². The Morgan fingerprint density at radius 2 is 1.53 bits per heavy atom. The van der Waals surface area contributed by atoms with Crippen molar-refractivity contribution in [1.82, 2.24) is 0 Å². The van der Waals surface area contributed by atoms with Gasteiger partial charge in [0, 0.05) is 0 Å². The van der Waals surface area contributed by atoms with E-state index < -0.39 is 37.3 Å². The zero-order chi connectivity index (χ0) is 12.4. The van der Waals surface area contributed by atoms with E-state index in [4.69, 9.17) is 35.6 Å². The summed E-state index contributed by atoms with van der Waals surface area (Å²) in [6, 6.07) is 0. The summed E-state index contributed by atoms with van der Waals surface area (Å²) >= 11 is 0. The monoisotopic (exact) mass is 225 g/mol. The molecule has 9 heteroatoms. The molecule has 0 aliphatic rings. The molecule has 0 fully saturated rings. The summed E-state index contributed by atoms with van der Waals surface area (Å²) in [7, 11) is 0. The standard InChI is InChI=1S/C6H12O6.BH2O2/c7-1-3(9)5(11)6(12)4(10)2-8;2-1-3/h3,5-9,11-12H,1-2H2;2-3H/t3-,5-,6-;/m1./s1. The van der Waals surface area contributed by atoms with Gasteiger partial charge in [-0.1, -0.05) is 0 Å². The average Bonchev–Trinajstić information content (AvgIpc) is 2.25. The highest BCUT2D eigenvalue weighted by molar-refractivity contribution is 6.13. The molecule has 0 spiro atoms. The molecule has 0 saturated heterocycles. The van der Waals surface area contributed by atoms with Crippen LogP contribution in [-0.2, 0) is 4.79 Å². The number of hydrogen-bond acceptors (Lipinski definition) is 8. The number of hydrogen-bond donors (Lipinski definition) is 7. The smallest absolute Gasteiger partial charge is 0.429 e. The Kier molecular flexibility index (Phi) is 11.2. The third-order valence-corrected chi connectivity index (χ3v) is 1.39. The minimum atomic E-state index is -1.86. The van der Waals surface area contributed by atoms with Gasteiger partial charge in [0.15, 0.2) is 5.78 Å². The highest BCUT2D eigenvalue weighted by atomic mass is 16.4. The van der Waals surface area contributed by atoms with Crippen molar-refractivity contribution < 1.29 is 40.4 Å². The lowest BCUT2D eigenvalue weighted by molar-refractivity contribution is -0.142. The number of rotatable bonds is 5. The van der Waals surface area contributed by atoms with Gasteiger partial charge in [0.2, 0.25) is 0 Å². The Balaban J connectivity index is 0. The highest BCUT2D eigenvalue weighted by Gasteiger charge is 2.28. The molecule has 0 heterocycles. The summed E-state index contributed by atoms with van der Waals surface area (Å²) in [5.41, 5.74) is 0. The molecule has 0 saturated carbocycles. The first-order chi connectivity index (χ1) is 6.95. The maximum absolute atomic E-state index is 10.5. The Morgan fingerprint density at radius 3 is 1.80 bits per heavy atom. The van der Waals surface area contributed by atoms with Gasteiger partial charge in [0.05, 0.1) is 6.61 Å². The number of aliphatic hydroxyl groups is 5. The van der Waals surface area contributed by atoms with Crippen molar-refractivity contribution in [2.24, 2.45) is 0 Å². The maximum atomic E-state index is 10.5. The first kappa shape index (κ1) is 16.9. The van der Waals surface area contributed by atoms with Crippen molar-refractivity contribution >= 4 is 13.5 Å². The van der Waals surface area contributed by atoms with E-state index in [1.807, 2.05) is 0 Å². The second-order valence-corrected chi connectivity index (χ2v) is 2.43. The molecule has 0 aromatic heterocycles. The predicted octanol–water partition coefficient (Wildman–Crippen LogP) is -4.87. The van der Waals surface area contributed by atoms with Crippen LogP contribution in [-0.4, -0.2) is 80.6 Å². The maximum Gasteiger partial charge on any atom is 0.482 e. The number of aliphatic hydroxyl groups excluding tert-OH is 5. The Morgan fingerprint density at radius 1 is 1.13 bits per heavy atom. The molecule has 8 nitrogen and oxygen atoms in total. The fourth-order valence-electron chi connectivity index (χ4n) is 0.602. The highest BCUT2D eigenvalue weighted by Crippen LogP contribution is 2.00. The summed E-state index contributed by atoms with van der Waals surface area (Å²) in [5.74, 6) is -1.00. The summed E-state index contributed by atoms with van der Waals surface area (Å²) in [5, 5.41) is 57.1. The molecule has 0 aromatic carbocycles. The van der Waals surface area contributed by atoms with Crippen LogP contribution in [0.3, 0.4) is 0 Å². The number of carbonyl (C=O) groups is 1. The van der Waals surface area contributed by atoms with Crippen LogP contribution in [0.5, 0.6) is 0 Å². The quantitative estimate of drug-likeness (QED) is 0.229. The second-order valence-electron chi connectivity index (χ2n) is 2.43. The van der Waals surface area contributed by atoms with Crippen molar-refractivity contribution in [3.8, 4) is 0 Å². The van der Waals surface area contributed by atoms with Crippen LogP contribution >= 0.6 is 0 Å². The third kappa shape index (κ3) is 7.39. The zero-order valence-corrected chi connectivity index (χ0v) is 7.76. The molecule has 1 radical (unpaired) electrons. The van der Waals surface area contributed by atoms with Crippen LogP contribution < -0.4 is 0 Å². The van der Waals surface area contributed by atoms with E-state index in [-0.39, 0.29) is 7.69 Å². The normalized spacial score (nSPS) is 15.7. The van der Waals surface area contributed by atoms with Crippen LogP contribution in [0.1, 0.15) is 0 Å². The molecule has 0 bridgehead atoms. The molecule has 0 aromatic rings. The van der Waals surface area contributed by atoms with Crippen LogP contribution in [0, 0.1) is 0 Å². The third-order valence-electron chi connectivity index (χ3n) is 1.39. The van der Waals surface area contributed by atoms with E-state index in [2.05, 4.69) is 0 Å². The molecule has 89 valence electrons. The van der Waals surface area contributed by atoms with E-state index in [0.29, 0.717) is 0 Å². The Labute approximate surface area is 86.3 Å². The van der Waals surface area contributed by atoms with Crippen molar-refractivity contribution in [1.29, 1.82) is 0 Å². The average molecular weight is 225 g/mol. The molecule has 0 rings (SSSR count).